The maximum Gasteiger partial charge on any atom is 0.160 e. The van der Waals surface area contributed by atoms with E-state index in [1.165, 1.54) is 12.8 Å². The normalized spacial score (nSPS) is 24.4. The van der Waals surface area contributed by atoms with E-state index < -0.39 is 0 Å². The van der Waals surface area contributed by atoms with Gasteiger partial charge in [0.2, 0.25) is 0 Å². The third-order valence-corrected chi connectivity index (χ3v) is 3.61. The standard InChI is InChI=1S/C14H21NO2/c1-4-10-7-12(10)15-9(2)11-5-6-13(16)14(8-11)17-3/h5-6,8-10,12,15-16H,4,7H2,1-3H3. The van der Waals surface area contributed by atoms with Crippen LogP contribution < -0.4 is 10.1 Å². The second-order valence-electron chi connectivity index (χ2n) is 4.83. The second kappa shape index (κ2) is 4.96. The summed E-state index contributed by atoms with van der Waals surface area (Å²) in [5.41, 5.74) is 1.15. The Balaban J connectivity index is 2.01. The molecule has 3 atom stereocenters. The first-order chi connectivity index (χ1) is 8.15. The van der Waals surface area contributed by atoms with Crippen LogP contribution in [0, 0.1) is 5.92 Å². The molecule has 1 aromatic carbocycles. The van der Waals surface area contributed by atoms with E-state index >= 15 is 0 Å². The van der Waals surface area contributed by atoms with E-state index in [4.69, 9.17) is 4.74 Å². The zero-order chi connectivity index (χ0) is 12.4. The summed E-state index contributed by atoms with van der Waals surface area (Å²) >= 11 is 0. The van der Waals surface area contributed by atoms with Gasteiger partial charge in [0.1, 0.15) is 0 Å². The predicted molar refractivity (Wildman–Crippen MR) is 68.4 cm³/mol. The van der Waals surface area contributed by atoms with E-state index in [0.29, 0.717) is 17.8 Å². The zero-order valence-corrected chi connectivity index (χ0v) is 10.7. The second-order valence-corrected chi connectivity index (χ2v) is 4.83. The fourth-order valence-corrected chi connectivity index (χ4v) is 2.28. The molecule has 1 aromatic rings. The minimum Gasteiger partial charge on any atom is -0.504 e. The molecule has 0 amide bonds. The summed E-state index contributed by atoms with van der Waals surface area (Å²) in [5, 5.41) is 13.2. The summed E-state index contributed by atoms with van der Waals surface area (Å²) in [5.74, 6) is 1.58. The Labute approximate surface area is 103 Å². The lowest BCUT2D eigenvalue weighted by molar-refractivity contribution is 0.372. The summed E-state index contributed by atoms with van der Waals surface area (Å²) in [7, 11) is 1.57. The molecule has 2 N–H and O–H groups in total. The molecule has 94 valence electrons. The number of nitrogens with one attached hydrogen (secondary N) is 1. The lowest BCUT2D eigenvalue weighted by Crippen LogP contribution is -2.22. The molecule has 0 bridgehead atoms. The van der Waals surface area contributed by atoms with E-state index in [2.05, 4.69) is 19.2 Å². The molecular weight excluding hydrogens is 214 g/mol. The van der Waals surface area contributed by atoms with Crippen molar-refractivity contribution >= 4 is 0 Å². The topological polar surface area (TPSA) is 41.5 Å². The first kappa shape index (κ1) is 12.2. The van der Waals surface area contributed by atoms with Gasteiger partial charge in [0, 0.05) is 12.1 Å². The molecule has 0 aliphatic heterocycles. The van der Waals surface area contributed by atoms with Gasteiger partial charge in [-0.3, -0.25) is 0 Å². The highest BCUT2D eigenvalue weighted by Gasteiger charge is 2.35. The van der Waals surface area contributed by atoms with Crippen LogP contribution in [0.15, 0.2) is 18.2 Å². The van der Waals surface area contributed by atoms with Crippen LogP contribution in [0.25, 0.3) is 0 Å². The number of ether oxygens (including phenoxy) is 1. The van der Waals surface area contributed by atoms with Gasteiger partial charge in [-0.2, -0.15) is 0 Å². The van der Waals surface area contributed by atoms with Crippen LogP contribution in [-0.4, -0.2) is 18.3 Å². The SMILES string of the molecule is CCC1CC1NC(C)c1ccc(O)c(OC)c1. The molecule has 0 radical (unpaired) electrons. The number of aromatic hydroxyl groups is 1. The Morgan fingerprint density at radius 2 is 2.29 bits per heavy atom. The third-order valence-electron chi connectivity index (χ3n) is 3.61. The minimum absolute atomic E-state index is 0.196. The first-order valence-corrected chi connectivity index (χ1v) is 6.28. The van der Waals surface area contributed by atoms with Gasteiger partial charge in [0.25, 0.3) is 0 Å². The Morgan fingerprint density at radius 3 is 2.88 bits per heavy atom. The minimum atomic E-state index is 0.196. The van der Waals surface area contributed by atoms with Crippen LogP contribution in [-0.2, 0) is 0 Å². The van der Waals surface area contributed by atoms with Crippen LogP contribution in [0.1, 0.15) is 38.3 Å². The highest BCUT2D eigenvalue weighted by molar-refractivity contribution is 5.42. The van der Waals surface area contributed by atoms with Crippen molar-refractivity contribution in [1.29, 1.82) is 0 Å². The molecule has 3 nitrogen and oxygen atoms in total. The predicted octanol–water partition coefficient (Wildman–Crippen LogP) is 2.85. The molecule has 2 rings (SSSR count). The Morgan fingerprint density at radius 1 is 1.53 bits per heavy atom. The van der Waals surface area contributed by atoms with Crippen LogP contribution in [0.4, 0.5) is 0 Å². The van der Waals surface area contributed by atoms with Gasteiger partial charge >= 0.3 is 0 Å². The monoisotopic (exact) mass is 235 g/mol. The Hall–Kier alpha value is -1.22. The molecule has 1 fully saturated rings. The smallest absolute Gasteiger partial charge is 0.160 e. The average molecular weight is 235 g/mol. The molecule has 0 saturated heterocycles. The van der Waals surface area contributed by atoms with Crippen molar-refractivity contribution < 1.29 is 9.84 Å². The Kier molecular flexibility index (Phi) is 3.57. The molecular formula is C14H21NO2. The number of phenolic OH excluding ortho intramolecular Hbond substituents is 1. The van der Waals surface area contributed by atoms with E-state index in [1.54, 1.807) is 13.2 Å². The van der Waals surface area contributed by atoms with E-state index in [-0.39, 0.29) is 5.75 Å². The highest BCUT2D eigenvalue weighted by Crippen LogP contribution is 2.36. The zero-order valence-electron chi connectivity index (χ0n) is 10.7. The molecule has 0 spiro atoms. The lowest BCUT2D eigenvalue weighted by Gasteiger charge is -2.15. The summed E-state index contributed by atoms with van der Waals surface area (Å²) < 4.78 is 5.12. The number of phenols is 1. The van der Waals surface area contributed by atoms with Crippen molar-refractivity contribution in [3.05, 3.63) is 23.8 Å². The van der Waals surface area contributed by atoms with Crippen molar-refractivity contribution in [2.45, 2.75) is 38.8 Å². The molecule has 3 unspecified atom stereocenters. The number of benzene rings is 1. The molecule has 17 heavy (non-hydrogen) atoms. The van der Waals surface area contributed by atoms with Gasteiger partial charge < -0.3 is 15.2 Å². The molecule has 1 aliphatic rings. The van der Waals surface area contributed by atoms with Crippen molar-refractivity contribution in [2.75, 3.05) is 7.11 Å². The largest absolute Gasteiger partial charge is 0.504 e. The number of hydrogen-bond acceptors (Lipinski definition) is 3. The van der Waals surface area contributed by atoms with Crippen LogP contribution in [0.3, 0.4) is 0 Å². The summed E-state index contributed by atoms with van der Waals surface area (Å²) in [4.78, 5) is 0. The van der Waals surface area contributed by atoms with Gasteiger partial charge in [0.15, 0.2) is 11.5 Å². The van der Waals surface area contributed by atoms with Crippen molar-refractivity contribution in [3.63, 3.8) is 0 Å². The molecule has 3 heteroatoms. The van der Waals surface area contributed by atoms with Gasteiger partial charge in [-0.15, -0.1) is 0 Å². The third kappa shape index (κ3) is 2.72. The van der Waals surface area contributed by atoms with E-state index in [1.807, 2.05) is 12.1 Å². The summed E-state index contributed by atoms with van der Waals surface area (Å²) in [6.45, 7) is 4.39. The number of hydrogen-bond donors (Lipinski definition) is 2. The first-order valence-electron chi connectivity index (χ1n) is 6.28. The molecule has 1 aliphatic carbocycles. The fourth-order valence-electron chi connectivity index (χ4n) is 2.28. The number of rotatable bonds is 5. The fraction of sp³-hybridized carbons (Fsp3) is 0.571. The summed E-state index contributed by atoms with van der Waals surface area (Å²) in [6, 6.07) is 6.49. The van der Waals surface area contributed by atoms with E-state index in [0.717, 1.165) is 11.5 Å². The van der Waals surface area contributed by atoms with Gasteiger partial charge in [0.05, 0.1) is 7.11 Å². The van der Waals surface area contributed by atoms with Gasteiger partial charge in [-0.25, -0.2) is 0 Å². The van der Waals surface area contributed by atoms with Crippen LogP contribution in [0.5, 0.6) is 11.5 Å². The van der Waals surface area contributed by atoms with Crippen molar-refractivity contribution in [3.8, 4) is 11.5 Å². The van der Waals surface area contributed by atoms with Crippen LogP contribution >= 0.6 is 0 Å². The maximum absolute atomic E-state index is 9.55. The highest BCUT2D eigenvalue weighted by atomic mass is 16.5. The van der Waals surface area contributed by atoms with Gasteiger partial charge in [-0.05, 0) is 37.0 Å². The summed E-state index contributed by atoms with van der Waals surface area (Å²) in [6.07, 6.45) is 2.54. The molecule has 0 heterocycles. The average Bonchev–Trinajstić information content (AvgIpc) is 3.08. The van der Waals surface area contributed by atoms with Crippen molar-refractivity contribution in [2.24, 2.45) is 5.92 Å². The van der Waals surface area contributed by atoms with Crippen LogP contribution in [0.2, 0.25) is 0 Å². The number of methoxy groups -OCH3 is 1. The lowest BCUT2D eigenvalue weighted by atomic mass is 10.1. The maximum atomic E-state index is 9.55. The van der Waals surface area contributed by atoms with Crippen molar-refractivity contribution in [1.82, 2.24) is 5.32 Å². The quantitative estimate of drug-likeness (QED) is 0.824. The van der Waals surface area contributed by atoms with E-state index in [9.17, 15) is 5.11 Å². The molecule has 1 saturated carbocycles. The Bertz CT molecular complexity index is 392. The molecule has 0 aromatic heterocycles. The van der Waals surface area contributed by atoms with Gasteiger partial charge in [-0.1, -0.05) is 19.4 Å².